The van der Waals surface area contributed by atoms with Crippen LogP contribution in [0.15, 0.2) is 85.3 Å². The third kappa shape index (κ3) is 4.03. The quantitative estimate of drug-likeness (QED) is 0.430. The van der Waals surface area contributed by atoms with Crippen molar-refractivity contribution in [2.75, 3.05) is 0 Å². The highest BCUT2D eigenvalue weighted by Gasteiger charge is 2.21. The lowest BCUT2D eigenvalue weighted by molar-refractivity contribution is 0.0622. The molecular formula is C26H23N3O. The Morgan fingerprint density at radius 1 is 1.03 bits per heavy atom. The molecule has 4 aromatic rings. The zero-order valence-electron chi connectivity index (χ0n) is 17.1. The molecular weight excluding hydrogens is 370 g/mol. The second-order valence-corrected chi connectivity index (χ2v) is 7.34. The maximum atomic E-state index is 9.77. The SMILES string of the molecule is Cc1cc(C(OCc2ccccc2)c2cncn2C)cc(-c2ccccc2)c1C#N. The van der Waals surface area contributed by atoms with Crippen molar-refractivity contribution in [1.29, 1.82) is 5.26 Å². The first-order valence-corrected chi connectivity index (χ1v) is 9.89. The van der Waals surface area contributed by atoms with Gasteiger partial charge in [0.2, 0.25) is 0 Å². The molecule has 1 unspecified atom stereocenters. The first-order valence-electron chi connectivity index (χ1n) is 9.89. The molecule has 1 heterocycles. The van der Waals surface area contributed by atoms with E-state index in [1.54, 1.807) is 6.33 Å². The molecule has 0 saturated carbocycles. The monoisotopic (exact) mass is 393 g/mol. The summed E-state index contributed by atoms with van der Waals surface area (Å²) in [6.45, 7) is 2.46. The Balaban J connectivity index is 1.79. The Labute approximate surface area is 177 Å². The lowest BCUT2D eigenvalue weighted by Gasteiger charge is -2.21. The van der Waals surface area contributed by atoms with E-state index in [2.05, 4.69) is 29.3 Å². The molecule has 0 aliphatic rings. The molecule has 30 heavy (non-hydrogen) atoms. The van der Waals surface area contributed by atoms with E-state index >= 15 is 0 Å². The number of hydrogen-bond donors (Lipinski definition) is 0. The summed E-state index contributed by atoms with van der Waals surface area (Å²) < 4.78 is 8.39. The molecule has 0 fully saturated rings. The molecule has 0 amide bonds. The molecule has 4 nitrogen and oxygen atoms in total. The fourth-order valence-electron chi connectivity index (χ4n) is 3.69. The van der Waals surface area contributed by atoms with E-state index < -0.39 is 0 Å². The van der Waals surface area contributed by atoms with Crippen LogP contribution in [-0.4, -0.2) is 9.55 Å². The van der Waals surface area contributed by atoms with Crippen molar-refractivity contribution in [1.82, 2.24) is 9.55 Å². The maximum Gasteiger partial charge on any atom is 0.125 e. The van der Waals surface area contributed by atoms with Gasteiger partial charge in [-0.25, -0.2) is 4.98 Å². The summed E-state index contributed by atoms with van der Waals surface area (Å²) in [6.07, 6.45) is 3.32. The van der Waals surface area contributed by atoms with Gasteiger partial charge in [-0.3, -0.25) is 0 Å². The zero-order valence-corrected chi connectivity index (χ0v) is 17.1. The Morgan fingerprint density at radius 3 is 2.37 bits per heavy atom. The van der Waals surface area contributed by atoms with Crippen molar-refractivity contribution < 1.29 is 4.74 Å². The molecule has 0 aliphatic carbocycles. The smallest absolute Gasteiger partial charge is 0.125 e. The van der Waals surface area contributed by atoms with Crippen LogP contribution in [0.1, 0.15) is 34.1 Å². The van der Waals surface area contributed by atoms with E-state index in [1.165, 1.54) is 0 Å². The number of nitrogens with zero attached hydrogens (tertiary/aromatic N) is 3. The van der Waals surface area contributed by atoms with Gasteiger partial charge in [0.25, 0.3) is 0 Å². The van der Waals surface area contributed by atoms with Crippen LogP contribution < -0.4 is 0 Å². The number of benzene rings is 3. The number of nitriles is 1. The van der Waals surface area contributed by atoms with Gasteiger partial charge in [-0.2, -0.15) is 5.26 Å². The van der Waals surface area contributed by atoms with E-state index in [0.29, 0.717) is 12.2 Å². The van der Waals surface area contributed by atoms with Gasteiger partial charge in [0.15, 0.2) is 0 Å². The largest absolute Gasteiger partial charge is 0.363 e. The van der Waals surface area contributed by atoms with Crippen LogP contribution in [0, 0.1) is 18.3 Å². The normalized spacial score (nSPS) is 11.8. The van der Waals surface area contributed by atoms with Crippen molar-refractivity contribution in [3.05, 3.63) is 113 Å². The second kappa shape index (κ2) is 8.77. The van der Waals surface area contributed by atoms with Crippen LogP contribution in [0.2, 0.25) is 0 Å². The molecule has 0 radical (unpaired) electrons. The minimum absolute atomic E-state index is 0.299. The van der Waals surface area contributed by atoms with Crippen LogP contribution in [0.3, 0.4) is 0 Å². The van der Waals surface area contributed by atoms with Crippen LogP contribution in [-0.2, 0) is 18.4 Å². The third-order valence-electron chi connectivity index (χ3n) is 5.24. The molecule has 3 aromatic carbocycles. The Hall–Kier alpha value is -3.68. The minimum Gasteiger partial charge on any atom is -0.363 e. The van der Waals surface area contributed by atoms with Gasteiger partial charge in [0.05, 0.1) is 30.4 Å². The average molecular weight is 393 g/mol. The van der Waals surface area contributed by atoms with Crippen molar-refractivity contribution in [2.24, 2.45) is 7.05 Å². The molecule has 4 heteroatoms. The number of hydrogen-bond acceptors (Lipinski definition) is 3. The van der Waals surface area contributed by atoms with Crippen molar-refractivity contribution in [2.45, 2.75) is 19.6 Å². The molecule has 0 bridgehead atoms. The van der Waals surface area contributed by atoms with E-state index in [0.717, 1.165) is 33.5 Å². The van der Waals surface area contributed by atoms with Gasteiger partial charge in [-0.15, -0.1) is 0 Å². The number of ether oxygens (including phenoxy) is 1. The highest BCUT2D eigenvalue weighted by atomic mass is 16.5. The summed E-state index contributed by atoms with van der Waals surface area (Å²) in [5.41, 5.74) is 6.65. The zero-order chi connectivity index (χ0) is 20.9. The van der Waals surface area contributed by atoms with Gasteiger partial charge < -0.3 is 9.30 Å². The van der Waals surface area contributed by atoms with Crippen molar-refractivity contribution >= 4 is 0 Å². The summed E-state index contributed by atoms with van der Waals surface area (Å²) in [5.74, 6) is 0. The lowest BCUT2D eigenvalue weighted by atomic mass is 9.91. The standard InChI is InChI=1S/C26H23N3O/c1-19-13-22(14-23(24(19)15-27)21-11-7-4-8-12-21)26(25-16-28-18-29(25)2)30-17-20-9-5-3-6-10-20/h3-14,16,18,26H,17H2,1-2H3. The summed E-state index contributed by atoms with van der Waals surface area (Å²) in [5, 5.41) is 9.77. The average Bonchev–Trinajstić information content (AvgIpc) is 3.20. The maximum absolute atomic E-state index is 9.77. The second-order valence-electron chi connectivity index (χ2n) is 7.34. The number of aromatic nitrogens is 2. The molecule has 0 N–H and O–H groups in total. The summed E-state index contributed by atoms with van der Waals surface area (Å²) >= 11 is 0. The van der Waals surface area contributed by atoms with Crippen molar-refractivity contribution in [3.63, 3.8) is 0 Å². The minimum atomic E-state index is -0.299. The van der Waals surface area contributed by atoms with Crippen LogP contribution >= 0.6 is 0 Å². The number of imidazole rings is 1. The Kier molecular flexibility index (Phi) is 5.74. The topological polar surface area (TPSA) is 50.8 Å². The highest BCUT2D eigenvalue weighted by molar-refractivity contribution is 5.73. The Bertz CT molecular complexity index is 1170. The first kappa shape index (κ1) is 19.6. The molecule has 1 atom stereocenters. The molecule has 1 aromatic heterocycles. The van der Waals surface area contributed by atoms with E-state index in [1.807, 2.05) is 79.3 Å². The fourth-order valence-corrected chi connectivity index (χ4v) is 3.69. The van der Waals surface area contributed by atoms with Crippen LogP contribution in [0.25, 0.3) is 11.1 Å². The number of aryl methyl sites for hydroxylation is 2. The van der Waals surface area contributed by atoms with Gasteiger partial charge in [-0.1, -0.05) is 66.7 Å². The summed E-state index contributed by atoms with van der Waals surface area (Å²) in [4.78, 5) is 4.29. The molecule has 0 spiro atoms. The van der Waals surface area contributed by atoms with E-state index in [9.17, 15) is 5.26 Å². The van der Waals surface area contributed by atoms with Crippen molar-refractivity contribution in [3.8, 4) is 17.2 Å². The van der Waals surface area contributed by atoms with Gasteiger partial charge >= 0.3 is 0 Å². The third-order valence-corrected chi connectivity index (χ3v) is 5.24. The van der Waals surface area contributed by atoms with E-state index in [4.69, 9.17) is 4.74 Å². The molecule has 4 rings (SSSR count). The highest BCUT2D eigenvalue weighted by Crippen LogP contribution is 2.34. The molecule has 148 valence electrons. The fraction of sp³-hybridized carbons (Fsp3) is 0.154. The first-order chi connectivity index (χ1) is 14.7. The van der Waals surface area contributed by atoms with Crippen LogP contribution in [0.5, 0.6) is 0 Å². The Morgan fingerprint density at radius 2 is 1.73 bits per heavy atom. The van der Waals surface area contributed by atoms with Gasteiger partial charge in [-0.05, 0) is 35.2 Å². The van der Waals surface area contributed by atoms with E-state index in [-0.39, 0.29) is 6.10 Å². The predicted octanol–water partition coefficient (Wildman–Crippen LogP) is 5.57. The van der Waals surface area contributed by atoms with Gasteiger partial charge in [0.1, 0.15) is 12.2 Å². The number of rotatable bonds is 6. The summed E-state index contributed by atoms with van der Waals surface area (Å²) in [7, 11) is 1.97. The molecule has 0 aliphatic heterocycles. The predicted molar refractivity (Wildman–Crippen MR) is 118 cm³/mol. The lowest BCUT2D eigenvalue weighted by Crippen LogP contribution is -2.11. The summed E-state index contributed by atoms with van der Waals surface area (Å²) in [6, 6.07) is 26.6. The van der Waals surface area contributed by atoms with Gasteiger partial charge in [0, 0.05) is 12.6 Å². The molecule has 0 saturated heterocycles. The van der Waals surface area contributed by atoms with Crippen LogP contribution in [0.4, 0.5) is 0 Å².